The van der Waals surface area contributed by atoms with Gasteiger partial charge in [0.05, 0.1) is 6.10 Å². The molecule has 120 valence electrons. The molecule has 0 aliphatic carbocycles. The third-order valence-electron chi connectivity index (χ3n) is 3.85. The van der Waals surface area contributed by atoms with Crippen LogP contribution in [0.15, 0.2) is 0 Å². The fraction of sp³-hybridized carbons (Fsp3) is 0.933. The van der Waals surface area contributed by atoms with Gasteiger partial charge in [0.25, 0.3) is 0 Å². The summed E-state index contributed by atoms with van der Waals surface area (Å²) in [7, 11) is 0. The first kappa shape index (κ1) is 19.7. The molecule has 1 saturated heterocycles. The molecule has 1 heterocycles. The van der Waals surface area contributed by atoms with Gasteiger partial charge in [0.2, 0.25) is 5.91 Å². The minimum absolute atomic E-state index is 0. The molecule has 0 radical (unpaired) electrons. The third-order valence-corrected chi connectivity index (χ3v) is 3.85. The van der Waals surface area contributed by atoms with Crippen molar-refractivity contribution in [1.82, 2.24) is 10.6 Å². The fourth-order valence-corrected chi connectivity index (χ4v) is 2.68. The number of hydrogen-bond donors (Lipinski definition) is 2. The van der Waals surface area contributed by atoms with Crippen molar-refractivity contribution < 1.29 is 9.53 Å². The predicted molar refractivity (Wildman–Crippen MR) is 85.3 cm³/mol. The van der Waals surface area contributed by atoms with Gasteiger partial charge in [-0.1, -0.05) is 13.8 Å². The monoisotopic (exact) mass is 306 g/mol. The Morgan fingerprint density at radius 2 is 2.15 bits per heavy atom. The maximum atomic E-state index is 12.1. The minimum Gasteiger partial charge on any atom is -0.378 e. The number of carbonyl (C=O) groups is 1. The van der Waals surface area contributed by atoms with E-state index in [-0.39, 0.29) is 30.3 Å². The summed E-state index contributed by atoms with van der Waals surface area (Å²) in [6.07, 6.45) is 3.05. The average molecular weight is 307 g/mol. The second kappa shape index (κ2) is 10.4. The predicted octanol–water partition coefficient (Wildman–Crippen LogP) is 2.36. The Morgan fingerprint density at radius 3 is 2.70 bits per heavy atom. The lowest BCUT2D eigenvalue weighted by Gasteiger charge is -2.27. The topological polar surface area (TPSA) is 50.4 Å². The number of hydrogen-bond acceptors (Lipinski definition) is 3. The molecule has 0 saturated carbocycles. The van der Waals surface area contributed by atoms with Crippen LogP contribution in [0.5, 0.6) is 0 Å². The van der Waals surface area contributed by atoms with E-state index < -0.39 is 0 Å². The van der Waals surface area contributed by atoms with Gasteiger partial charge in [0, 0.05) is 25.1 Å². The Hall–Kier alpha value is -0.320. The molecule has 1 fully saturated rings. The second-order valence-electron chi connectivity index (χ2n) is 5.89. The molecule has 2 N–H and O–H groups in total. The number of nitrogens with one attached hydrogen (secondary N) is 2. The van der Waals surface area contributed by atoms with Gasteiger partial charge in [-0.2, -0.15) is 0 Å². The quantitative estimate of drug-likeness (QED) is 0.759. The molecule has 1 aliphatic heterocycles. The van der Waals surface area contributed by atoms with Gasteiger partial charge in [-0.15, -0.1) is 12.4 Å². The summed E-state index contributed by atoms with van der Waals surface area (Å²) in [6.45, 7) is 10.9. The lowest BCUT2D eigenvalue weighted by molar-refractivity contribution is -0.126. The summed E-state index contributed by atoms with van der Waals surface area (Å²) in [5, 5.41) is 6.44. The van der Waals surface area contributed by atoms with Gasteiger partial charge < -0.3 is 15.4 Å². The molecule has 0 spiro atoms. The summed E-state index contributed by atoms with van der Waals surface area (Å²) >= 11 is 0. The molecule has 1 unspecified atom stereocenters. The second-order valence-corrected chi connectivity index (χ2v) is 5.89. The van der Waals surface area contributed by atoms with Crippen molar-refractivity contribution in [2.45, 2.75) is 59.1 Å². The average Bonchev–Trinajstić information content (AvgIpc) is 2.37. The Bertz CT molecular complexity index is 275. The highest BCUT2D eigenvalue weighted by molar-refractivity contribution is 5.85. The zero-order valence-electron chi connectivity index (χ0n) is 13.3. The van der Waals surface area contributed by atoms with Crippen LogP contribution in [0.25, 0.3) is 0 Å². The normalized spacial score (nSPS) is 24.1. The van der Waals surface area contributed by atoms with Crippen LogP contribution in [0.1, 0.15) is 47.0 Å². The highest BCUT2D eigenvalue weighted by atomic mass is 35.5. The van der Waals surface area contributed by atoms with Crippen LogP contribution in [0.2, 0.25) is 0 Å². The molecule has 20 heavy (non-hydrogen) atoms. The van der Waals surface area contributed by atoms with Crippen LogP contribution < -0.4 is 10.6 Å². The van der Waals surface area contributed by atoms with Crippen LogP contribution in [0, 0.1) is 11.8 Å². The van der Waals surface area contributed by atoms with Crippen LogP contribution >= 0.6 is 12.4 Å². The molecule has 0 bridgehead atoms. The Kier molecular flexibility index (Phi) is 10.2. The zero-order valence-corrected chi connectivity index (χ0v) is 14.1. The van der Waals surface area contributed by atoms with Crippen LogP contribution in [0.4, 0.5) is 0 Å². The van der Waals surface area contributed by atoms with E-state index >= 15 is 0 Å². The van der Waals surface area contributed by atoms with Crippen molar-refractivity contribution in [3.63, 3.8) is 0 Å². The van der Waals surface area contributed by atoms with Crippen LogP contribution in [-0.4, -0.2) is 37.7 Å². The fourth-order valence-electron chi connectivity index (χ4n) is 2.68. The van der Waals surface area contributed by atoms with Crippen molar-refractivity contribution in [1.29, 1.82) is 0 Å². The molecule has 0 aromatic carbocycles. The molecular formula is C15H31ClN2O2. The number of carbonyl (C=O) groups excluding carboxylic acids is 1. The Balaban J connectivity index is 0.00000361. The van der Waals surface area contributed by atoms with Crippen molar-refractivity contribution in [3.8, 4) is 0 Å². The smallest absolute Gasteiger partial charge is 0.223 e. The van der Waals surface area contributed by atoms with E-state index in [9.17, 15) is 4.79 Å². The highest BCUT2D eigenvalue weighted by Gasteiger charge is 2.24. The molecule has 5 heteroatoms. The lowest BCUT2D eigenvalue weighted by atomic mass is 9.92. The van der Waals surface area contributed by atoms with E-state index in [1.807, 2.05) is 6.92 Å². The van der Waals surface area contributed by atoms with Crippen molar-refractivity contribution in [3.05, 3.63) is 0 Å². The highest BCUT2D eigenvalue weighted by Crippen LogP contribution is 2.16. The first-order chi connectivity index (χ1) is 9.04. The van der Waals surface area contributed by atoms with Gasteiger partial charge in [0.15, 0.2) is 0 Å². The van der Waals surface area contributed by atoms with E-state index in [4.69, 9.17) is 4.74 Å². The molecule has 1 aliphatic rings. The Morgan fingerprint density at radius 1 is 1.45 bits per heavy atom. The van der Waals surface area contributed by atoms with Gasteiger partial charge in [0.1, 0.15) is 0 Å². The summed E-state index contributed by atoms with van der Waals surface area (Å²) in [4.78, 5) is 12.1. The molecule has 0 aromatic rings. The summed E-state index contributed by atoms with van der Waals surface area (Å²) < 4.78 is 5.69. The van der Waals surface area contributed by atoms with E-state index in [0.29, 0.717) is 12.0 Å². The minimum atomic E-state index is 0. The maximum Gasteiger partial charge on any atom is 0.223 e. The molecule has 1 amide bonds. The van der Waals surface area contributed by atoms with Crippen LogP contribution in [0.3, 0.4) is 0 Å². The maximum absolute atomic E-state index is 12.1. The number of amides is 1. The first-order valence-corrected chi connectivity index (χ1v) is 7.67. The van der Waals surface area contributed by atoms with E-state index in [1.54, 1.807) is 0 Å². The molecular weight excluding hydrogens is 276 g/mol. The molecule has 4 nitrogen and oxygen atoms in total. The Labute approximate surface area is 129 Å². The van der Waals surface area contributed by atoms with Gasteiger partial charge in [-0.3, -0.25) is 4.79 Å². The number of rotatable bonds is 7. The van der Waals surface area contributed by atoms with Gasteiger partial charge in [-0.25, -0.2) is 0 Å². The molecule has 3 atom stereocenters. The first-order valence-electron chi connectivity index (χ1n) is 7.67. The number of halogens is 1. The molecule has 1 rings (SSSR count). The zero-order chi connectivity index (χ0) is 14.3. The van der Waals surface area contributed by atoms with Crippen LogP contribution in [-0.2, 0) is 9.53 Å². The molecule has 0 aromatic heterocycles. The van der Waals surface area contributed by atoms with Crippen molar-refractivity contribution in [2.75, 3.05) is 19.7 Å². The summed E-state index contributed by atoms with van der Waals surface area (Å²) in [6, 6.07) is 0.455. The van der Waals surface area contributed by atoms with Gasteiger partial charge >= 0.3 is 0 Å². The lowest BCUT2D eigenvalue weighted by Crippen LogP contribution is -2.43. The standard InChI is InChI=1S/C15H30N2O2.ClH/c1-5-19-14(11(2)3)7-9-17-15(18)13-6-8-16-12(4)10-13;/h11-14,16H,5-10H2,1-4H3,(H,17,18);1H/t12-,13-,14?;/m0./s1. The summed E-state index contributed by atoms with van der Waals surface area (Å²) in [5.74, 6) is 0.893. The number of ether oxygens (including phenoxy) is 1. The van der Waals surface area contributed by atoms with Crippen molar-refractivity contribution in [2.24, 2.45) is 11.8 Å². The van der Waals surface area contributed by atoms with Crippen molar-refractivity contribution >= 4 is 18.3 Å². The van der Waals surface area contributed by atoms with E-state index in [0.717, 1.165) is 39.0 Å². The third kappa shape index (κ3) is 6.91. The SMILES string of the molecule is CCOC(CCNC(=O)[C@H]1CCN[C@@H](C)C1)C(C)C.Cl. The van der Waals surface area contributed by atoms with Gasteiger partial charge in [-0.05, 0) is 45.6 Å². The number of piperidine rings is 1. The summed E-state index contributed by atoms with van der Waals surface area (Å²) in [5.41, 5.74) is 0. The van der Waals surface area contributed by atoms with E-state index in [2.05, 4.69) is 31.4 Å². The van der Waals surface area contributed by atoms with E-state index in [1.165, 1.54) is 0 Å². The largest absolute Gasteiger partial charge is 0.378 e.